The average Bonchev–Trinajstić information content (AvgIpc) is 3.38. The summed E-state index contributed by atoms with van der Waals surface area (Å²) in [7, 11) is 0. The first-order chi connectivity index (χ1) is 16.4. The number of urea groups is 1. The third-order valence-corrected chi connectivity index (χ3v) is 7.04. The third-order valence-electron chi connectivity index (χ3n) is 7.04. The number of carbonyl (C=O) groups excluding carboxylic acids is 4. The minimum Gasteiger partial charge on any atom is -0.342 e. The van der Waals surface area contributed by atoms with Crippen molar-refractivity contribution >= 4 is 35.1 Å². The Morgan fingerprint density at radius 3 is 2.21 bits per heavy atom. The van der Waals surface area contributed by atoms with Crippen molar-refractivity contribution in [2.75, 3.05) is 36.0 Å². The van der Waals surface area contributed by atoms with E-state index in [0.717, 1.165) is 11.3 Å². The van der Waals surface area contributed by atoms with Crippen LogP contribution in [0.15, 0.2) is 54.6 Å². The second-order valence-electron chi connectivity index (χ2n) is 9.27. The molecule has 176 valence electrons. The van der Waals surface area contributed by atoms with Gasteiger partial charge in [0, 0.05) is 37.8 Å². The van der Waals surface area contributed by atoms with E-state index in [9.17, 15) is 19.2 Å². The van der Waals surface area contributed by atoms with Gasteiger partial charge in [0.1, 0.15) is 6.54 Å². The van der Waals surface area contributed by atoms with Crippen LogP contribution in [0.2, 0.25) is 0 Å². The van der Waals surface area contributed by atoms with Crippen molar-refractivity contribution in [3.8, 4) is 0 Å². The van der Waals surface area contributed by atoms with Gasteiger partial charge in [-0.25, -0.2) is 9.69 Å². The molecule has 34 heavy (non-hydrogen) atoms. The van der Waals surface area contributed by atoms with Gasteiger partial charge in [0.05, 0.1) is 11.6 Å². The molecular weight excluding hydrogens is 432 g/mol. The van der Waals surface area contributed by atoms with Gasteiger partial charge in [-0.15, -0.1) is 0 Å². The number of carbonyl (C=O) groups is 4. The molecule has 3 fully saturated rings. The van der Waals surface area contributed by atoms with Gasteiger partial charge < -0.3 is 14.7 Å². The van der Waals surface area contributed by atoms with E-state index in [4.69, 9.17) is 0 Å². The summed E-state index contributed by atoms with van der Waals surface area (Å²) in [4.78, 5) is 57.6. The summed E-state index contributed by atoms with van der Waals surface area (Å²) in [6.07, 6.45) is 1.46. The van der Waals surface area contributed by atoms with Crippen molar-refractivity contribution in [2.45, 2.75) is 32.2 Å². The van der Waals surface area contributed by atoms with Crippen molar-refractivity contribution in [2.24, 2.45) is 5.92 Å². The molecule has 1 atom stereocenters. The fourth-order valence-electron chi connectivity index (χ4n) is 5.14. The van der Waals surface area contributed by atoms with Crippen LogP contribution in [0, 0.1) is 12.8 Å². The number of nitrogens with zero attached hydrogens (tertiary/aromatic N) is 4. The first-order valence-electron chi connectivity index (χ1n) is 11.8. The molecule has 0 saturated carbocycles. The van der Waals surface area contributed by atoms with E-state index >= 15 is 0 Å². The minimum absolute atomic E-state index is 0.00357. The molecule has 0 aromatic heterocycles. The van der Waals surface area contributed by atoms with Crippen molar-refractivity contribution in [1.29, 1.82) is 0 Å². The van der Waals surface area contributed by atoms with E-state index in [0.29, 0.717) is 38.2 Å². The van der Waals surface area contributed by atoms with E-state index in [1.807, 2.05) is 42.2 Å². The summed E-state index contributed by atoms with van der Waals surface area (Å²) in [5.41, 5.74) is 2.53. The largest absolute Gasteiger partial charge is 0.342 e. The molecule has 8 heteroatoms. The van der Waals surface area contributed by atoms with Crippen LogP contribution >= 0.6 is 0 Å². The normalized spacial score (nSPS) is 21.7. The number of para-hydroxylation sites is 1. The zero-order chi connectivity index (χ0) is 23.8. The smallest absolute Gasteiger partial charge is 0.332 e. The van der Waals surface area contributed by atoms with E-state index < -0.39 is 0 Å². The Morgan fingerprint density at radius 1 is 0.853 bits per heavy atom. The molecule has 2 aromatic carbocycles. The van der Waals surface area contributed by atoms with E-state index in [-0.39, 0.29) is 48.7 Å². The number of hydrogen-bond acceptors (Lipinski definition) is 4. The Labute approximate surface area is 198 Å². The monoisotopic (exact) mass is 460 g/mol. The van der Waals surface area contributed by atoms with Gasteiger partial charge in [-0.05, 0) is 44.0 Å². The minimum atomic E-state index is -0.353. The average molecular weight is 461 g/mol. The van der Waals surface area contributed by atoms with Gasteiger partial charge in [-0.1, -0.05) is 35.9 Å². The molecule has 2 aromatic rings. The number of amides is 5. The highest BCUT2D eigenvalue weighted by atomic mass is 16.2. The maximum absolute atomic E-state index is 13.2. The number of rotatable bonds is 4. The molecule has 0 aliphatic carbocycles. The summed E-state index contributed by atoms with van der Waals surface area (Å²) in [6.45, 7) is 3.49. The molecule has 3 heterocycles. The summed E-state index contributed by atoms with van der Waals surface area (Å²) in [5, 5.41) is 0. The van der Waals surface area contributed by atoms with Crippen LogP contribution in [0.4, 0.5) is 16.2 Å². The van der Waals surface area contributed by atoms with Crippen LogP contribution in [-0.2, 0) is 14.4 Å². The fraction of sp³-hybridized carbons (Fsp3) is 0.385. The van der Waals surface area contributed by atoms with Crippen LogP contribution in [0.25, 0.3) is 0 Å². The first-order valence-corrected chi connectivity index (χ1v) is 11.8. The molecular formula is C26H28N4O4. The van der Waals surface area contributed by atoms with Gasteiger partial charge in [0.25, 0.3) is 5.91 Å². The van der Waals surface area contributed by atoms with Crippen LogP contribution in [-0.4, -0.2) is 65.8 Å². The molecule has 5 rings (SSSR count). The van der Waals surface area contributed by atoms with E-state index in [1.54, 1.807) is 34.1 Å². The number of anilines is 2. The molecule has 0 spiro atoms. The predicted molar refractivity (Wildman–Crippen MR) is 127 cm³/mol. The van der Waals surface area contributed by atoms with Gasteiger partial charge in [-0.3, -0.25) is 14.4 Å². The predicted octanol–water partition coefficient (Wildman–Crippen LogP) is 2.81. The Bertz CT molecular complexity index is 1110. The number of aryl methyl sites for hydroxylation is 1. The summed E-state index contributed by atoms with van der Waals surface area (Å²) >= 11 is 0. The lowest BCUT2D eigenvalue weighted by Gasteiger charge is -2.37. The topological polar surface area (TPSA) is 81.2 Å². The second kappa shape index (κ2) is 8.93. The lowest BCUT2D eigenvalue weighted by Crippen LogP contribution is -2.49. The Morgan fingerprint density at radius 2 is 1.53 bits per heavy atom. The van der Waals surface area contributed by atoms with Crippen LogP contribution in [0.5, 0.6) is 0 Å². The lowest BCUT2D eigenvalue weighted by atomic mass is 10.0. The number of likely N-dealkylation sites (tertiary alicyclic amines) is 1. The first kappa shape index (κ1) is 22.1. The molecule has 8 nitrogen and oxygen atoms in total. The van der Waals surface area contributed by atoms with Gasteiger partial charge in [0.15, 0.2) is 0 Å². The number of benzene rings is 2. The summed E-state index contributed by atoms with van der Waals surface area (Å²) < 4.78 is 0. The highest BCUT2D eigenvalue weighted by molar-refractivity contribution is 6.19. The van der Waals surface area contributed by atoms with Crippen molar-refractivity contribution in [1.82, 2.24) is 9.80 Å². The summed E-state index contributed by atoms with van der Waals surface area (Å²) in [5.74, 6) is -0.611. The standard InChI is InChI=1S/C26H28N4O4/c1-18-7-9-20(10-8-18)28-16-19(15-23(28)31)25(33)27-13-11-21(12-14-27)29-17-24(32)30(26(29)34)22-5-3-2-4-6-22/h2-10,19,21H,11-17H2,1H3. The van der Waals surface area contributed by atoms with E-state index in [2.05, 4.69) is 0 Å². The zero-order valence-corrected chi connectivity index (χ0v) is 19.2. The second-order valence-corrected chi connectivity index (χ2v) is 9.27. The maximum Gasteiger partial charge on any atom is 0.332 e. The Hall–Kier alpha value is -3.68. The molecule has 0 radical (unpaired) electrons. The van der Waals surface area contributed by atoms with Gasteiger partial charge in [-0.2, -0.15) is 0 Å². The SMILES string of the molecule is Cc1ccc(N2CC(C(=O)N3CCC(N4CC(=O)N(c5ccccc5)C4=O)CC3)CC2=O)cc1. The van der Waals surface area contributed by atoms with Gasteiger partial charge >= 0.3 is 6.03 Å². The highest BCUT2D eigenvalue weighted by Gasteiger charge is 2.43. The maximum atomic E-state index is 13.2. The molecule has 3 aliphatic heterocycles. The van der Waals surface area contributed by atoms with Crippen LogP contribution < -0.4 is 9.80 Å². The molecule has 5 amide bonds. The zero-order valence-electron chi connectivity index (χ0n) is 19.2. The molecule has 0 N–H and O–H groups in total. The van der Waals surface area contributed by atoms with Crippen LogP contribution in [0.1, 0.15) is 24.8 Å². The molecule has 0 bridgehead atoms. The van der Waals surface area contributed by atoms with Crippen LogP contribution in [0.3, 0.4) is 0 Å². The number of piperidine rings is 1. The molecule has 3 aliphatic rings. The third kappa shape index (κ3) is 4.04. The fourth-order valence-corrected chi connectivity index (χ4v) is 5.14. The van der Waals surface area contributed by atoms with E-state index in [1.165, 1.54) is 4.90 Å². The Kier molecular flexibility index (Phi) is 5.81. The summed E-state index contributed by atoms with van der Waals surface area (Å²) in [6, 6.07) is 16.3. The van der Waals surface area contributed by atoms with Gasteiger partial charge in [0.2, 0.25) is 11.8 Å². The van der Waals surface area contributed by atoms with Crippen molar-refractivity contribution < 1.29 is 19.2 Å². The number of hydrogen-bond donors (Lipinski definition) is 0. The number of imide groups is 1. The van der Waals surface area contributed by atoms with Crippen molar-refractivity contribution in [3.63, 3.8) is 0 Å². The van der Waals surface area contributed by atoms with Crippen molar-refractivity contribution in [3.05, 3.63) is 60.2 Å². The Balaban J connectivity index is 1.18. The molecule has 1 unspecified atom stereocenters. The molecule has 3 saturated heterocycles. The highest BCUT2D eigenvalue weighted by Crippen LogP contribution is 2.29. The quantitative estimate of drug-likeness (QED) is 0.657. The lowest BCUT2D eigenvalue weighted by molar-refractivity contribution is -0.137.